The molecular weight excluding hydrogens is 290 g/mol. The molecule has 1 amide bonds. The summed E-state index contributed by atoms with van der Waals surface area (Å²) >= 11 is 5.92. The summed E-state index contributed by atoms with van der Waals surface area (Å²) in [5, 5.41) is 0. The molecule has 0 bridgehead atoms. The lowest BCUT2D eigenvalue weighted by Gasteiger charge is -2.42. The number of ether oxygens (including phenoxy) is 2. The Morgan fingerprint density at radius 2 is 2.19 bits per heavy atom. The molecule has 5 heteroatoms. The number of carbonyl (C=O) groups is 1. The maximum absolute atomic E-state index is 12.7. The molecule has 1 saturated heterocycles. The highest BCUT2D eigenvalue weighted by Crippen LogP contribution is 2.30. The number of alkyl halides is 1. The van der Waals surface area contributed by atoms with Gasteiger partial charge in [0.25, 0.3) is 5.91 Å². The van der Waals surface area contributed by atoms with E-state index in [1.54, 1.807) is 0 Å². The van der Waals surface area contributed by atoms with Gasteiger partial charge in [-0.2, -0.15) is 0 Å². The van der Waals surface area contributed by atoms with Gasteiger partial charge in [-0.3, -0.25) is 4.79 Å². The van der Waals surface area contributed by atoms with Crippen molar-refractivity contribution in [1.29, 1.82) is 0 Å². The third-order valence-corrected chi connectivity index (χ3v) is 4.23. The van der Waals surface area contributed by atoms with Gasteiger partial charge in [-0.1, -0.05) is 18.2 Å². The Morgan fingerprint density at radius 3 is 2.90 bits per heavy atom. The van der Waals surface area contributed by atoms with Gasteiger partial charge in [0.1, 0.15) is 5.75 Å². The van der Waals surface area contributed by atoms with Gasteiger partial charge in [-0.05, 0) is 25.5 Å². The van der Waals surface area contributed by atoms with Crippen LogP contribution >= 0.6 is 11.6 Å². The van der Waals surface area contributed by atoms with E-state index in [9.17, 15) is 4.79 Å². The Hall–Kier alpha value is -1.26. The Kier molecular flexibility index (Phi) is 3.84. The van der Waals surface area contributed by atoms with E-state index in [-0.39, 0.29) is 17.6 Å². The predicted molar refractivity (Wildman–Crippen MR) is 80.8 cm³/mol. The van der Waals surface area contributed by atoms with Crippen molar-refractivity contribution in [1.82, 2.24) is 4.90 Å². The van der Waals surface area contributed by atoms with Crippen molar-refractivity contribution < 1.29 is 14.3 Å². The quantitative estimate of drug-likeness (QED) is 0.787. The Bertz CT molecular complexity index is 521. The molecule has 3 rings (SSSR count). The van der Waals surface area contributed by atoms with Crippen LogP contribution in [0.5, 0.6) is 5.75 Å². The molecule has 0 saturated carbocycles. The topological polar surface area (TPSA) is 38.8 Å². The number of morpholine rings is 1. The summed E-state index contributed by atoms with van der Waals surface area (Å²) in [6, 6.07) is 7.81. The highest BCUT2D eigenvalue weighted by molar-refractivity contribution is 6.18. The fourth-order valence-electron chi connectivity index (χ4n) is 3.07. The van der Waals surface area contributed by atoms with Crippen molar-refractivity contribution in [2.45, 2.75) is 38.1 Å². The number of nitrogens with zero attached hydrogens (tertiary/aromatic N) is 1. The third-order valence-electron chi connectivity index (χ3n) is 3.89. The molecule has 2 aliphatic rings. The van der Waals surface area contributed by atoms with Gasteiger partial charge in [0.15, 0.2) is 6.10 Å². The van der Waals surface area contributed by atoms with Crippen molar-refractivity contribution in [3.05, 3.63) is 29.8 Å². The molecule has 2 atom stereocenters. The second-order valence-electron chi connectivity index (χ2n) is 6.29. The van der Waals surface area contributed by atoms with Gasteiger partial charge in [0.2, 0.25) is 0 Å². The zero-order valence-electron chi connectivity index (χ0n) is 12.3. The monoisotopic (exact) mass is 309 g/mol. The Balaban J connectivity index is 1.71. The fraction of sp³-hybridized carbons (Fsp3) is 0.562. The minimum Gasteiger partial charge on any atom is -0.480 e. The van der Waals surface area contributed by atoms with Gasteiger partial charge in [-0.15, -0.1) is 11.6 Å². The number of para-hydroxylation sites is 1. The van der Waals surface area contributed by atoms with E-state index in [4.69, 9.17) is 21.1 Å². The summed E-state index contributed by atoms with van der Waals surface area (Å²) < 4.78 is 11.7. The molecule has 0 radical (unpaired) electrons. The first-order valence-corrected chi connectivity index (χ1v) is 7.79. The number of halogens is 1. The molecule has 1 fully saturated rings. The summed E-state index contributed by atoms with van der Waals surface area (Å²) in [5.41, 5.74) is 0.719. The molecular formula is C16H20ClNO3. The average Bonchev–Trinajstić information content (AvgIpc) is 2.88. The second-order valence-corrected chi connectivity index (χ2v) is 6.60. The van der Waals surface area contributed by atoms with Crippen LogP contribution in [0.15, 0.2) is 24.3 Å². The number of amides is 1. The third kappa shape index (κ3) is 3.01. The van der Waals surface area contributed by atoms with Crippen molar-refractivity contribution in [3.63, 3.8) is 0 Å². The maximum atomic E-state index is 12.7. The van der Waals surface area contributed by atoms with Gasteiger partial charge < -0.3 is 14.4 Å². The van der Waals surface area contributed by atoms with Gasteiger partial charge in [-0.25, -0.2) is 0 Å². The lowest BCUT2D eigenvalue weighted by molar-refractivity contribution is -0.162. The van der Waals surface area contributed by atoms with Crippen LogP contribution in [0.25, 0.3) is 0 Å². The largest absolute Gasteiger partial charge is 0.480 e. The highest BCUT2D eigenvalue weighted by atomic mass is 35.5. The van der Waals surface area contributed by atoms with Gasteiger partial charge >= 0.3 is 0 Å². The summed E-state index contributed by atoms with van der Waals surface area (Å²) in [6.45, 7) is 5.06. The van der Waals surface area contributed by atoms with E-state index in [0.717, 1.165) is 11.3 Å². The zero-order chi connectivity index (χ0) is 15.0. The van der Waals surface area contributed by atoms with E-state index in [0.29, 0.717) is 25.4 Å². The second kappa shape index (κ2) is 5.50. The van der Waals surface area contributed by atoms with E-state index in [1.165, 1.54) is 0 Å². The Morgan fingerprint density at radius 1 is 1.43 bits per heavy atom. The van der Waals surface area contributed by atoms with Gasteiger partial charge in [0, 0.05) is 19.5 Å². The number of carbonyl (C=O) groups excluding carboxylic acids is 1. The summed E-state index contributed by atoms with van der Waals surface area (Å²) in [7, 11) is 0. The van der Waals surface area contributed by atoms with Gasteiger partial charge in [0.05, 0.1) is 17.6 Å². The van der Waals surface area contributed by atoms with E-state index >= 15 is 0 Å². The van der Waals surface area contributed by atoms with Crippen LogP contribution in [0.3, 0.4) is 0 Å². The molecule has 2 heterocycles. The smallest absolute Gasteiger partial charge is 0.264 e. The minimum absolute atomic E-state index is 0.0256. The van der Waals surface area contributed by atoms with Crippen molar-refractivity contribution in [2.75, 3.05) is 19.0 Å². The van der Waals surface area contributed by atoms with Crippen molar-refractivity contribution in [2.24, 2.45) is 0 Å². The van der Waals surface area contributed by atoms with E-state index in [2.05, 4.69) is 0 Å². The van der Waals surface area contributed by atoms with Crippen molar-refractivity contribution >= 4 is 17.5 Å². The molecule has 0 aromatic heterocycles. The minimum atomic E-state index is -0.424. The highest BCUT2D eigenvalue weighted by Gasteiger charge is 2.39. The molecule has 1 aromatic rings. The Labute approximate surface area is 130 Å². The normalized spacial score (nSPS) is 27.1. The van der Waals surface area contributed by atoms with Crippen LogP contribution in [0, 0.1) is 0 Å². The van der Waals surface area contributed by atoms with Crippen molar-refractivity contribution in [3.8, 4) is 5.75 Å². The van der Waals surface area contributed by atoms with Crippen LogP contribution in [0.4, 0.5) is 0 Å². The summed E-state index contributed by atoms with van der Waals surface area (Å²) in [5.74, 6) is 1.23. The predicted octanol–water partition coefficient (Wildman–Crippen LogP) is 2.23. The molecule has 2 unspecified atom stereocenters. The van der Waals surface area contributed by atoms with Crippen LogP contribution < -0.4 is 4.74 Å². The molecule has 2 aliphatic heterocycles. The van der Waals surface area contributed by atoms with Crippen LogP contribution in [-0.2, 0) is 16.0 Å². The number of hydrogen-bond acceptors (Lipinski definition) is 3. The van der Waals surface area contributed by atoms with Crippen LogP contribution in [0.2, 0.25) is 0 Å². The number of rotatable bonds is 2. The molecule has 0 spiro atoms. The fourth-order valence-corrected chi connectivity index (χ4v) is 3.23. The maximum Gasteiger partial charge on any atom is 0.264 e. The average molecular weight is 310 g/mol. The zero-order valence-corrected chi connectivity index (χ0v) is 13.1. The molecule has 1 aromatic carbocycles. The number of benzene rings is 1. The first kappa shape index (κ1) is 14.7. The SMILES string of the molecule is CC1(C)CN(C(=O)C2Cc3ccccc3O2)CC(CCl)O1. The molecule has 21 heavy (non-hydrogen) atoms. The molecule has 4 nitrogen and oxygen atoms in total. The first-order chi connectivity index (χ1) is 9.98. The summed E-state index contributed by atoms with van der Waals surface area (Å²) in [6.07, 6.45) is 0.0913. The number of fused-ring (bicyclic) bond motifs is 1. The molecule has 114 valence electrons. The first-order valence-electron chi connectivity index (χ1n) is 7.25. The lowest BCUT2D eigenvalue weighted by Crippen LogP contribution is -2.57. The molecule has 0 N–H and O–H groups in total. The standard InChI is InChI=1S/C16H20ClNO3/c1-16(2)10-18(9-12(8-17)21-16)15(19)14-7-11-5-3-4-6-13(11)20-14/h3-6,12,14H,7-10H2,1-2H3. The van der Waals surface area contributed by atoms with E-state index < -0.39 is 6.10 Å². The van der Waals surface area contributed by atoms with Crippen LogP contribution in [-0.4, -0.2) is 47.6 Å². The lowest BCUT2D eigenvalue weighted by atomic mass is 10.0. The molecule has 0 aliphatic carbocycles. The van der Waals surface area contributed by atoms with Crippen LogP contribution in [0.1, 0.15) is 19.4 Å². The number of hydrogen-bond donors (Lipinski definition) is 0. The summed E-state index contributed by atoms with van der Waals surface area (Å²) in [4.78, 5) is 14.5. The van der Waals surface area contributed by atoms with E-state index in [1.807, 2.05) is 43.0 Å².